The maximum Gasteiger partial charge on any atom is 0.223 e. The van der Waals surface area contributed by atoms with Gasteiger partial charge in [-0.15, -0.1) is 0 Å². The fraction of sp³-hybridized carbons (Fsp3) is 0.500. The second-order valence-corrected chi connectivity index (χ2v) is 6.27. The lowest BCUT2D eigenvalue weighted by atomic mass is 10.0. The van der Waals surface area contributed by atoms with Crippen molar-refractivity contribution in [3.8, 4) is 5.75 Å². The average Bonchev–Trinajstić information content (AvgIpc) is 3.24. The first-order valence-corrected chi connectivity index (χ1v) is 8.40. The van der Waals surface area contributed by atoms with Gasteiger partial charge in [-0.05, 0) is 24.8 Å². The highest BCUT2D eigenvalue weighted by molar-refractivity contribution is 5.77. The third-order valence-electron chi connectivity index (χ3n) is 4.51. The molecule has 1 aromatic carbocycles. The molecule has 2 aromatic rings. The number of hydrogen-bond donors (Lipinski definition) is 1. The van der Waals surface area contributed by atoms with Crippen LogP contribution in [0.4, 0.5) is 0 Å². The molecule has 1 saturated carbocycles. The van der Waals surface area contributed by atoms with Crippen molar-refractivity contribution in [2.75, 3.05) is 7.11 Å². The molecule has 24 heavy (non-hydrogen) atoms. The fourth-order valence-electron chi connectivity index (χ4n) is 3.32. The van der Waals surface area contributed by atoms with E-state index in [1.54, 1.807) is 14.0 Å². The van der Waals surface area contributed by atoms with Crippen LogP contribution >= 0.6 is 0 Å². The van der Waals surface area contributed by atoms with Crippen LogP contribution in [0.1, 0.15) is 55.4 Å². The van der Waals surface area contributed by atoms with Crippen LogP contribution < -0.4 is 10.1 Å². The monoisotopic (exact) mass is 329 g/mol. The van der Waals surface area contributed by atoms with E-state index in [0.29, 0.717) is 29.8 Å². The molecular weight excluding hydrogens is 306 g/mol. The Hall–Kier alpha value is -2.37. The smallest absolute Gasteiger partial charge is 0.223 e. The van der Waals surface area contributed by atoms with Crippen LogP contribution in [0, 0.1) is 12.8 Å². The molecule has 0 radical (unpaired) electrons. The molecule has 3 rings (SSSR count). The first kappa shape index (κ1) is 16.5. The van der Waals surface area contributed by atoms with Crippen molar-refractivity contribution >= 4 is 5.91 Å². The predicted molar refractivity (Wildman–Crippen MR) is 88.6 cm³/mol. The number of aromatic nitrogens is 2. The summed E-state index contributed by atoms with van der Waals surface area (Å²) in [7, 11) is 1.61. The van der Waals surface area contributed by atoms with E-state index in [4.69, 9.17) is 9.26 Å². The number of aryl methyl sites for hydroxylation is 1. The van der Waals surface area contributed by atoms with Crippen molar-refractivity contribution in [2.45, 2.75) is 45.1 Å². The molecule has 1 aliphatic carbocycles. The Kier molecular flexibility index (Phi) is 5.13. The standard InChI is InChI=1S/C18H23N3O3/c1-12-19-18(21-24-12)17(14-9-5-6-10-15(14)23-2)20-16(22)11-13-7-3-4-8-13/h5-6,9-10,13,17H,3-4,7-8,11H2,1-2H3,(H,20,22)/t17-/m0/s1. The Morgan fingerprint density at radius 1 is 1.38 bits per heavy atom. The van der Waals surface area contributed by atoms with Crippen LogP contribution in [0.2, 0.25) is 0 Å². The molecule has 1 fully saturated rings. The number of nitrogens with one attached hydrogen (secondary N) is 1. The van der Waals surface area contributed by atoms with Gasteiger partial charge in [-0.1, -0.05) is 36.2 Å². The molecule has 128 valence electrons. The number of carbonyl (C=O) groups excluding carboxylic acids is 1. The van der Waals surface area contributed by atoms with E-state index >= 15 is 0 Å². The van der Waals surface area contributed by atoms with E-state index in [-0.39, 0.29) is 5.91 Å². The van der Waals surface area contributed by atoms with Gasteiger partial charge in [0, 0.05) is 18.9 Å². The number of benzene rings is 1. The summed E-state index contributed by atoms with van der Waals surface area (Å²) in [6.07, 6.45) is 5.25. The van der Waals surface area contributed by atoms with Gasteiger partial charge in [0.1, 0.15) is 11.8 Å². The summed E-state index contributed by atoms with van der Waals surface area (Å²) in [5.74, 6) is 2.09. The molecule has 1 heterocycles. The molecular formula is C18H23N3O3. The van der Waals surface area contributed by atoms with Crippen LogP contribution in [0.15, 0.2) is 28.8 Å². The SMILES string of the molecule is COc1ccccc1[C@H](NC(=O)CC1CCCC1)c1noc(C)n1. The van der Waals surface area contributed by atoms with Gasteiger partial charge in [-0.2, -0.15) is 4.98 Å². The van der Waals surface area contributed by atoms with Crippen LogP contribution in [-0.4, -0.2) is 23.2 Å². The van der Waals surface area contributed by atoms with Gasteiger partial charge < -0.3 is 14.6 Å². The minimum absolute atomic E-state index is 0.0141. The Morgan fingerprint density at radius 2 is 2.12 bits per heavy atom. The zero-order chi connectivity index (χ0) is 16.9. The van der Waals surface area contributed by atoms with Gasteiger partial charge in [-0.3, -0.25) is 4.79 Å². The number of para-hydroxylation sites is 1. The number of methoxy groups -OCH3 is 1. The predicted octanol–water partition coefficient (Wildman–Crippen LogP) is 3.17. The summed E-state index contributed by atoms with van der Waals surface area (Å²) in [6, 6.07) is 7.08. The lowest BCUT2D eigenvalue weighted by molar-refractivity contribution is -0.122. The van der Waals surface area contributed by atoms with Crippen molar-refractivity contribution in [1.29, 1.82) is 0 Å². The van der Waals surface area contributed by atoms with Gasteiger partial charge in [0.15, 0.2) is 5.82 Å². The number of ether oxygens (including phenoxy) is 1. The molecule has 0 aliphatic heterocycles. The number of carbonyl (C=O) groups is 1. The molecule has 0 saturated heterocycles. The summed E-state index contributed by atoms with van der Waals surface area (Å²) in [5.41, 5.74) is 0.820. The van der Waals surface area contributed by atoms with E-state index in [0.717, 1.165) is 18.4 Å². The quantitative estimate of drug-likeness (QED) is 0.881. The molecule has 1 atom stereocenters. The summed E-state index contributed by atoms with van der Waals surface area (Å²) in [5, 5.41) is 7.06. The molecule has 1 aliphatic rings. The maximum atomic E-state index is 12.5. The lowest BCUT2D eigenvalue weighted by Gasteiger charge is -2.19. The molecule has 6 nitrogen and oxygen atoms in total. The summed E-state index contributed by atoms with van der Waals surface area (Å²) in [6.45, 7) is 1.73. The first-order chi connectivity index (χ1) is 11.7. The topological polar surface area (TPSA) is 77.2 Å². The molecule has 1 aromatic heterocycles. The van der Waals surface area contributed by atoms with Crippen molar-refractivity contribution in [1.82, 2.24) is 15.5 Å². The first-order valence-electron chi connectivity index (χ1n) is 8.40. The zero-order valence-corrected chi connectivity index (χ0v) is 14.1. The number of nitrogens with zero attached hydrogens (tertiary/aromatic N) is 2. The number of amides is 1. The minimum atomic E-state index is -0.479. The Labute approximate surface area is 141 Å². The molecule has 0 unspecified atom stereocenters. The zero-order valence-electron chi connectivity index (χ0n) is 14.1. The van der Waals surface area contributed by atoms with Gasteiger partial charge in [0.05, 0.1) is 7.11 Å². The van der Waals surface area contributed by atoms with Gasteiger partial charge in [0.25, 0.3) is 0 Å². The molecule has 1 N–H and O–H groups in total. The largest absolute Gasteiger partial charge is 0.496 e. The summed E-state index contributed by atoms with van der Waals surface area (Å²) >= 11 is 0. The third kappa shape index (κ3) is 3.75. The van der Waals surface area contributed by atoms with Gasteiger partial charge >= 0.3 is 0 Å². The van der Waals surface area contributed by atoms with E-state index in [1.165, 1.54) is 12.8 Å². The number of hydrogen-bond acceptors (Lipinski definition) is 5. The van der Waals surface area contributed by atoms with Crippen LogP contribution in [0.3, 0.4) is 0 Å². The Morgan fingerprint density at radius 3 is 2.79 bits per heavy atom. The summed E-state index contributed by atoms with van der Waals surface area (Å²) in [4.78, 5) is 16.8. The highest BCUT2D eigenvalue weighted by atomic mass is 16.5. The normalized spacial score (nSPS) is 16.1. The third-order valence-corrected chi connectivity index (χ3v) is 4.51. The lowest BCUT2D eigenvalue weighted by Crippen LogP contribution is -2.31. The fourth-order valence-corrected chi connectivity index (χ4v) is 3.32. The van der Waals surface area contributed by atoms with Crippen LogP contribution in [0.25, 0.3) is 0 Å². The van der Waals surface area contributed by atoms with Crippen molar-refractivity contribution < 1.29 is 14.1 Å². The molecule has 0 spiro atoms. The Balaban J connectivity index is 1.83. The Bertz CT molecular complexity index is 692. The summed E-state index contributed by atoms with van der Waals surface area (Å²) < 4.78 is 10.5. The van der Waals surface area contributed by atoms with Crippen molar-refractivity contribution in [3.63, 3.8) is 0 Å². The second kappa shape index (κ2) is 7.47. The molecule has 1 amide bonds. The number of rotatable bonds is 6. The van der Waals surface area contributed by atoms with E-state index in [2.05, 4.69) is 15.5 Å². The average molecular weight is 329 g/mol. The van der Waals surface area contributed by atoms with E-state index in [1.807, 2.05) is 24.3 Å². The highest BCUT2D eigenvalue weighted by Crippen LogP contribution is 2.30. The van der Waals surface area contributed by atoms with Crippen LogP contribution in [0.5, 0.6) is 5.75 Å². The molecule has 0 bridgehead atoms. The second-order valence-electron chi connectivity index (χ2n) is 6.27. The van der Waals surface area contributed by atoms with Gasteiger partial charge in [0.2, 0.25) is 11.8 Å². The van der Waals surface area contributed by atoms with Crippen molar-refractivity contribution in [3.05, 3.63) is 41.5 Å². The van der Waals surface area contributed by atoms with Crippen molar-refractivity contribution in [2.24, 2.45) is 5.92 Å². The maximum absolute atomic E-state index is 12.5. The van der Waals surface area contributed by atoms with E-state index in [9.17, 15) is 4.79 Å². The van der Waals surface area contributed by atoms with E-state index < -0.39 is 6.04 Å². The van der Waals surface area contributed by atoms with Crippen LogP contribution in [-0.2, 0) is 4.79 Å². The highest BCUT2D eigenvalue weighted by Gasteiger charge is 2.26. The van der Waals surface area contributed by atoms with Gasteiger partial charge in [-0.25, -0.2) is 0 Å². The molecule has 6 heteroatoms. The minimum Gasteiger partial charge on any atom is -0.496 e.